The molecule has 146 valence electrons. The zero-order valence-corrected chi connectivity index (χ0v) is 16.1. The van der Waals surface area contributed by atoms with Crippen molar-refractivity contribution in [1.82, 2.24) is 30.1 Å². The Balaban J connectivity index is 1.57. The van der Waals surface area contributed by atoms with Crippen LogP contribution in [0.5, 0.6) is 0 Å². The lowest BCUT2D eigenvalue weighted by Gasteiger charge is -2.35. The van der Waals surface area contributed by atoms with Gasteiger partial charge in [0, 0.05) is 24.7 Å². The molecule has 3 heterocycles. The molecule has 1 atom stereocenters. The summed E-state index contributed by atoms with van der Waals surface area (Å²) in [5.74, 6) is 0.956. The number of rotatable bonds is 4. The number of nitrogens with zero attached hydrogens (tertiary/aromatic N) is 6. The highest BCUT2D eigenvalue weighted by atomic mass is 16.5. The van der Waals surface area contributed by atoms with Crippen LogP contribution in [0.1, 0.15) is 55.6 Å². The van der Waals surface area contributed by atoms with Crippen LogP contribution >= 0.6 is 0 Å². The molecule has 0 spiro atoms. The summed E-state index contributed by atoms with van der Waals surface area (Å²) >= 11 is 0. The minimum Gasteiger partial charge on any atom is -0.379 e. The summed E-state index contributed by atoms with van der Waals surface area (Å²) in [6, 6.07) is 11.1. The Bertz CT molecular complexity index is 929. The lowest BCUT2D eigenvalue weighted by Crippen LogP contribution is -2.41. The fourth-order valence-corrected chi connectivity index (χ4v) is 4.59. The van der Waals surface area contributed by atoms with E-state index in [0.717, 1.165) is 55.9 Å². The second-order valence-electron chi connectivity index (χ2n) is 7.78. The van der Waals surface area contributed by atoms with Crippen LogP contribution in [0.15, 0.2) is 36.5 Å². The number of hydrogen-bond acceptors (Lipinski definition) is 6. The minimum atomic E-state index is 0.0328. The average Bonchev–Trinajstić information content (AvgIpc) is 3.25. The van der Waals surface area contributed by atoms with Gasteiger partial charge in [0.25, 0.3) is 0 Å². The first-order valence-electron chi connectivity index (χ1n) is 10.3. The summed E-state index contributed by atoms with van der Waals surface area (Å²) in [6.07, 6.45) is 8.00. The molecule has 7 heteroatoms. The van der Waals surface area contributed by atoms with Gasteiger partial charge in [-0.3, -0.25) is 9.88 Å². The monoisotopic (exact) mass is 378 g/mol. The van der Waals surface area contributed by atoms with Gasteiger partial charge in [-0.15, -0.1) is 5.10 Å². The van der Waals surface area contributed by atoms with Gasteiger partial charge in [-0.05, 0) is 47.0 Å². The summed E-state index contributed by atoms with van der Waals surface area (Å²) in [5.41, 5.74) is 2.23. The average molecular weight is 378 g/mol. The standard InChI is InChI=1S/C21H26N6O/c1-2-6-18(7-3-1)27-21(23-24-25-27)20(26-11-13-28-14-12-26)17-8-9-19-16(15-17)5-4-10-22-19/h4-5,8-10,15,18,20H,1-3,6-7,11-14H2/t20-/m0/s1. The second-order valence-corrected chi connectivity index (χ2v) is 7.78. The number of ether oxygens (including phenoxy) is 1. The van der Waals surface area contributed by atoms with Gasteiger partial charge >= 0.3 is 0 Å². The lowest BCUT2D eigenvalue weighted by molar-refractivity contribution is 0.0211. The first-order chi connectivity index (χ1) is 13.9. The molecule has 3 aromatic rings. The van der Waals surface area contributed by atoms with Gasteiger partial charge < -0.3 is 4.74 Å². The van der Waals surface area contributed by atoms with Gasteiger partial charge in [-0.25, -0.2) is 4.68 Å². The number of pyridine rings is 1. The van der Waals surface area contributed by atoms with Gasteiger partial charge in [0.15, 0.2) is 5.82 Å². The third-order valence-corrected chi connectivity index (χ3v) is 6.04. The Labute approximate surface area is 164 Å². The molecular formula is C21H26N6O. The van der Waals surface area contributed by atoms with E-state index < -0.39 is 0 Å². The molecule has 0 N–H and O–H groups in total. The van der Waals surface area contributed by atoms with Crippen LogP contribution in [0.3, 0.4) is 0 Å². The van der Waals surface area contributed by atoms with Gasteiger partial charge in [-0.2, -0.15) is 0 Å². The molecule has 1 aromatic carbocycles. The molecule has 5 rings (SSSR count). The maximum absolute atomic E-state index is 5.61. The van der Waals surface area contributed by atoms with Gasteiger partial charge in [0.2, 0.25) is 0 Å². The first kappa shape index (κ1) is 17.7. The molecule has 1 saturated carbocycles. The molecule has 0 radical (unpaired) electrons. The van der Waals surface area contributed by atoms with Crippen LogP contribution in [0.4, 0.5) is 0 Å². The number of hydrogen-bond donors (Lipinski definition) is 0. The van der Waals surface area contributed by atoms with E-state index in [4.69, 9.17) is 4.74 Å². The van der Waals surface area contributed by atoms with Crippen molar-refractivity contribution in [2.45, 2.75) is 44.2 Å². The minimum absolute atomic E-state index is 0.0328. The van der Waals surface area contributed by atoms with Crippen LogP contribution in [0, 0.1) is 0 Å². The fourth-order valence-electron chi connectivity index (χ4n) is 4.59. The molecule has 0 unspecified atom stereocenters. The fraction of sp³-hybridized carbons (Fsp3) is 0.524. The van der Waals surface area contributed by atoms with Crippen molar-refractivity contribution in [3.05, 3.63) is 47.9 Å². The predicted molar refractivity (Wildman–Crippen MR) is 106 cm³/mol. The molecule has 7 nitrogen and oxygen atoms in total. The zero-order valence-electron chi connectivity index (χ0n) is 16.1. The van der Waals surface area contributed by atoms with Crippen LogP contribution in [0.25, 0.3) is 10.9 Å². The largest absolute Gasteiger partial charge is 0.379 e. The summed E-state index contributed by atoms with van der Waals surface area (Å²) < 4.78 is 7.71. The summed E-state index contributed by atoms with van der Waals surface area (Å²) in [7, 11) is 0. The van der Waals surface area contributed by atoms with Crippen molar-refractivity contribution in [2.24, 2.45) is 0 Å². The second kappa shape index (κ2) is 7.93. The van der Waals surface area contributed by atoms with Crippen molar-refractivity contribution < 1.29 is 4.74 Å². The quantitative estimate of drug-likeness (QED) is 0.695. The molecular weight excluding hydrogens is 352 g/mol. The molecule has 1 saturated heterocycles. The SMILES string of the molecule is c1cnc2ccc([C@@H](c3nnnn3C3CCCCC3)N3CCOCC3)cc2c1. The number of fused-ring (bicyclic) bond motifs is 1. The van der Waals surface area contributed by atoms with Crippen molar-refractivity contribution >= 4 is 10.9 Å². The summed E-state index contributed by atoms with van der Waals surface area (Å²) in [5, 5.41) is 14.2. The van der Waals surface area contributed by atoms with E-state index in [0.29, 0.717) is 6.04 Å². The van der Waals surface area contributed by atoms with E-state index in [2.05, 4.69) is 54.4 Å². The van der Waals surface area contributed by atoms with Gasteiger partial charge in [0.1, 0.15) is 0 Å². The number of morpholine rings is 1. The number of tetrazole rings is 1. The zero-order chi connectivity index (χ0) is 18.8. The van der Waals surface area contributed by atoms with E-state index in [1.807, 2.05) is 12.3 Å². The van der Waals surface area contributed by atoms with Crippen LogP contribution < -0.4 is 0 Å². The topological polar surface area (TPSA) is 69.0 Å². The highest BCUT2D eigenvalue weighted by Crippen LogP contribution is 2.34. The van der Waals surface area contributed by atoms with E-state index in [-0.39, 0.29) is 6.04 Å². The highest BCUT2D eigenvalue weighted by Gasteiger charge is 2.31. The summed E-state index contributed by atoms with van der Waals surface area (Å²) in [4.78, 5) is 6.92. The molecule has 2 fully saturated rings. The smallest absolute Gasteiger partial charge is 0.173 e. The predicted octanol–water partition coefficient (Wildman–Crippen LogP) is 3.15. The van der Waals surface area contributed by atoms with Crippen molar-refractivity contribution in [3.63, 3.8) is 0 Å². The van der Waals surface area contributed by atoms with Crippen LogP contribution in [0.2, 0.25) is 0 Å². The normalized spacial score (nSPS) is 20.4. The maximum Gasteiger partial charge on any atom is 0.173 e. The molecule has 28 heavy (non-hydrogen) atoms. The Morgan fingerprint density at radius 2 is 1.89 bits per heavy atom. The van der Waals surface area contributed by atoms with E-state index in [1.165, 1.54) is 24.8 Å². The number of benzene rings is 1. The first-order valence-corrected chi connectivity index (χ1v) is 10.3. The molecule has 0 bridgehead atoms. The Kier molecular flexibility index (Phi) is 5.01. The van der Waals surface area contributed by atoms with Crippen LogP contribution in [-0.4, -0.2) is 56.4 Å². The van der Waals surface area contributed by atoms with Crippen molar-refractivity contribution in [2.75, 3.05) is 26.3 Å². The Morgan fingerprint density at radius 3 is 2.75 bits per heavy atom. The van der Waals surface area contributed by atoms with E-state index in [1.54, 1.807) is 0 Å². The third-order valence-electron chi connectivity index (χ3n) is 6.04. The van der Waals surface area contributed by atoms with Gasteiger partial charge in [0.05, 0.1) is 30.8 Å². The van der Waals surface area contributed by atoms with E-state index >= 15 is 0 Å². The van der Waals surface area contributed by atoms with Crippen LogP contribution in [-0.2, 0) is 4.74 Å². The highest BCUT2D eigenvalue weighted by molar-refractivity contribution is 5.79. The Hall–Kier alpha value is -2.38. The summed E-state index contributed by atoms with van der Waals surface area (Å²) in [6.45, 7) is 3.26. The number of aromatic nitrogens is 5. The van der Waals surface area contributed by atoms with Gasteiger partial charge in [-0.1, -0.05) is 31.4 Å². The maximum atomic E-state index is 5.61. The van der Waals surface area contributed by atoms with Crippen molar-refractivity contribution in [1.29, 1.82) is 0 Å². The molecule has 1 aliphatic carbocycles. The lowest BCUT2D eigenvalue weighted by atomic mass is 9.95. The molecule has 1 aliphatic heterocycles. The molecule has 2 aromatic heterocycles. The molecule has 0 amide bonds. The van der Waals surface area contributed by atoms with Crippen molar-refractivity contribution in [3.8, 4) is 0 Å². The Morgan fingerprint density at radius 1 is 1.04 bits per heavy atom. The third kappa shape index (κ3) is 3.40. The van der Waals surface area contributed by atoms with E-state index in [9.17, 15) is 0 Å². The molecule has 2 aliphatic rings.